The molecule has 0 fully saturated rings. The summed E-state index contributed by atoms with van der Waals surface area (Å²) in [7, 11) is 0. The zero-order chi connectivity index (χ0) is 12.1. The van der Waals surface area contributed by atoms with Crippen molar-refractivity contribution in [1.29, 1.82) is 0 Å². The first-order valence-electron chi connectivity index (χ1n) is 4.82. The number of rotatable bonds is 4. The molecule has 5 nitrogen and oxygen atoms in total. The van der Waals surface area contributed by atoms with Gasteiger partial charge in [0.1, 0.15) is 6.04 Å². The highest BCUT2D eigenvalue weighted by Crippen LogP contribution is 2.08. The number of nitrogens with two attached hydrogens (primary N) is 1. The minimum atomic E-state index is -0.902. The molecule has 4 N–H and O–H groups in total. The fraction of sp³-hybridized carbons (Fsp3) is 0.273. The Kier molecular flexibility index (Phi) is 4.02. The lowest BCUT2D eigenvalue weighted by Crippen LogP contribution is -2.42. The van der Waals surface area contributed by atoms with Gasteiger partial charge in [-0.25, -0.2) is 0 Å². The third kappa shape index (κ3) is 3.06. The normalized spacial score (nSPS) is 11.9. The number of aliphatic hydroxyl groups excluding tert-OH is 1. The molecule has 0 aliphatic carbocycles. The van der Waals surface area contributed by atoms with Gasteiger partial charge in [0.25, 0.3) is 0 Å². The molecule has 1 amide bonds. The number of hydrogen-bond donors (Lipinski definition) is 3. The van der Waals surface area contributed by atoms with Crippen LogP contribution in [0.4, 0.5) is 5.69 Å². The van der Waals surface area contributed by atoms with Crippen LogP contribution in [0.25, 0.3) is 0 Å². The van der Waals surface area contributed by atoms with Crippen LogP contribution in [-0.4, -0.2) is 29.4 Å². The van der Waals surface area contributed by atoms with Crippen molar-refractivity contribution in [3.63, 3.8) is 0 Å². The summed E-state index contributed by atoms with van der Waals surface area (Å²) >= 11 is 0. The predicted octanol–water partition coefficient (Wildman–Crippen LogP) is -0.0515. The number of carbonyl (C=O) groups is 2. The van der Waals surface area contributed by atoms with Crippen molar-refractivity contribution in [2.75, 3.05) is 12.3 Å². The van der Waals surface area contributed by atoms with Crippen LogP contribution >= 0.6 is 0 Å². The van der Waals surface area contributed by atoms with Crippen molar-refractivity contribution in [2.45, 2.75) is 13.0 Å². The lowest BCUT2D eigenvalue weighted by atomic mass is 10.0. The van der Waals surface area contributed by atoms with E-state index in [0.717, 1.165) is 0 Å². The summed E-state index contributed by atoms with van der Waals surface area (Å²) in [6.45, 7) is 0.863. The molecule has 0 unspecified atom stereocenters. The largest absolute Gasteiger partial charge is 0.399 e. The number of Topliss-reactive ketones (excluding diaryl/α,β-unsaturated/α-hetero) is 1. The van der Waals surface area contributed by atoms with Gasteiger partial charge in [0, 0.05) is 18.2 Å². The van der Waals surface area contributed by atoms with E-state index in [1.54, 1.807) is 24.3 Å². The molecule has 0 heterocycles. The topological polar surface area (TPSA) is 92.4 Å². The first-order chi connectivity index (χ1) is 7.54. The minimum absolute atomic E-state index is 0.335. The van der Waals surface area contributed by atoms with Crippen molar-refractivity contribution in [3.8, 4) is 0 Å². The van der Waals surface area contributed by atoms with Crippen LogP contribution in [0.5, 0.6) is 0 Å². The van der Waals surface area contributed by atoms with Crippen molar-refractivity contribution in [1.82, 2.24) is 5.32 Å². The second kappa shape index (κ2) is 5.27. The lowest BCUT2D eigenvalue weighted by Gasteiger charge is -2.13. The first kappa shape index (κ1) is 12.2. The van der Waals surface area contributed by atoms with Gasteiger partial charge in [-0.05, 0) is 24.3 Å². The average molecular weight is 222 g/mol. The summed E-state index contributed by atoms with van der Waals surface area (Å²) < 4.78 is 0. The van der Waals surface area contributed by atoms with E-state index < -0.39 is 12.6 Å². The van der Waals surface area contributed by atoms with E-state index in [4.69, 9.17) is 10.8 Å². The number of ketones is 1. The van der Waals surface area contributed by atoms with Crippen LogP contribution < -0.4 is 11.1 Å². The Balaban J connectivity index is 2.82. The fourth-order valence-corrected chi connectivity index (χ4v) is 1.29. The average Bonchev–Trinajstić information content (AvgIpc) is 2.25. The molecule has 1 atom stereocenters. The van der Waals surface area contributed by atoms with Crippen molar-refractivity contribution in [2.24, 2.45) is 0 Å². The third-order valence-electron chi connectivity index (χ3n) is 2.07. The van der Waals surface area contributed by atoms with E-state index in [2.05, 4.69) is 5.32 Å². The van der Waals surface area contributed by atoms with E-state index in [1.165, 1.54) is 6.92 Å². The molecule has 0 bridgehead atoms. The number of carbonyl (C=O) groups excluding carboxylic acids is 2. The summed E-state index contributed by atoms with van der Waals surface area (Å²) in [4.78, 5) is 22.6. The molecule has 0 radical (unpaired) electrons. The third-order valence-corrected chi connectivity index (χ3v) is 2.07. The molecule has 0 aliphatic heterocycles. The summed E-state index contributed by atoms with van der Waals surface area (Å²) in [5.41, 5.74) is 6.44. The molecule has 0 saturated carbocycles. The molecule has 1 aromatic rings. The Morgan fingerprint density at radius 1 is 1.38 bits per heavy atom. The standard InChI is InChI=1S/C11H14N2O3/c1-7(15)13-10(6-14)11(16)8-2-4-9(12)5-3-8/h2-5,10,14H,6,12H2,1H3,(H,13,15)/t10-/m0/s1. The number of benzene rings is 1. The number of nitrogen functional groups attached to an aromatic ring is 1. The number of anilines is 1. The van der Waals surface area contributed by atoms with E-state index in [-0.39, 0.29) is 11.7 Å². The molecule has 0 aliphatic rings. The number of nitrogens with one attached hydrogen (secondary N) is 1. The van der Waals surface area contributed by atoms with Crippen LogP contribution in [0.2, 0.25) is 0 Å². The quantitative estimate of drug-likeness (QED) is 0.492. The maximum atomic E-state index is 11.8. The van der Waals surface area contributed by atoms with Crippen LogP contribution in [-0.2, 0) is 4.79 Å². The SMILES string of the molecule is CC(=O)N[C@@H](CO)C(=O)c1ccc(N)cc1. The molecular formula is C11H14N2O3. The van der Waals surface area contributed by atoms with Gasteiger partial charge in [-0.2, -0.15) is 0 Å². The Bertz CT molecular complexity index is 387. The van der Waals surface area contributed by atoms with E-state index >= 15 is 0 Å². The second-order valence-electron chi connectivity index (χ2n) is 3.42. The molecule has 5 heteroatoms. The molecule has 0 spiro atoms. The Hall–Kier alpha value is -1.88. The van der Waals surface area contributed by atoms with Gasteiger partial charge in [-0.3, -0.25) is 9.59 Å². The summed E-state index contributed by atoms with van der Waals surface area (Å²) in [6, 6.07) is 5.40. The zero-order valence-electron chi connectivity index (χ0n) is 8.93. The number of hydrogen-bond acceptors (Lipinski definition) is 4. The van der Waals surface area contributed by atoms with Crippen molar-refractivity contribution >= 4 is 17.4 Å². The smallest absolute Gasteiger partial charge is 0.217 e. The summed E-state index contributed by atoms with van der Waals surface area (Å²) in [6.07, 6.45) is 0. The minimum Gasteiger partial charge on any atom is -0.399 e. The van der Waals surface area contributed by atoms with Crippen molar-refractivity contribution < 1.29 is 14.7 Å². The highest BCUT2D eigenvalue weighted by atomic mass is 16.3. The molecule has 1 aromatic carbocycles. The molecule has 86 valence electrons. The first-order valence-corrected chi connectivity index (χ1v) is 4.82. The van der Waals surface area contributed by atoms with Gasteiger partial charge < -0.3 is 16.2 Å². The van der Waals surface area contributed by atoms with Gasteiger partial charge >= 0.3 is 0 Å². The molecule has 0 aromatic heterocycles. The fourth-order valence-electron chi connectivity index (χ4n) is 1.29. The van der Waals surface area contributed by atoms with E-state index in [0.29, 0.717) is 11.3 Å². The highest BCUT2D eigenvalue weighted by molar-refractivity contribution is 6.02. The van der Waals surface area contributed by atoms with Crippen LogP contribution in [0.3, 0.4) is 0 Å². The highest BCUT2D eigenvalue weighted by Gasteiger charge is 2.19. The molecule has 1 rings (SSSR count). The number of amides is 1. The zero-order valence-corrected chi connectivity index (χ0v) is 8.93. The summed E-state index contributed by atoms with van der Waals surface area (Å²) in [5.74, 6) is -0.694. The Morgan fingerprint density at radius 3 is 2.38 bits per heavy atom. The van der Waals surface area contributed by atoms with Gasteiger partial charge in [-0.15, -0.1) is 0 Å². The molecular weight excluding hydrogens is 208 g/mol. The maximum absolute atomic E-state index is 11.8. The van der Waals surface area contributed by atoms with Gasteiger partial charge in [0.15, 0.2) is 5.78 Å². The Labute approximate surface area is 93.3 Å². The van der Waals surface area contributed by atoms with Gasteiger partial charge in [0.2, 0.25) is 5.91 Å². The molecule has 16 heavy (non-hydrogen) atoms. The monoisotopic (exact) mass is 222 g/mol. The van der Waals surface area contributed by atoms with Crippen LogP contribution in [0.15, 0.2) is 24.3 Å². The second-order valence-corrected chi connectivity index (χ2v) is 3.42. The van der Waals surface area contributed by atoms with Gasteiger partial charge in [-0.1, -0.05) is 0 Å². The number of aliphatic hydroxyl groups is 1. The van der Waals surface area contributed by atoms with Gasteiger partial charge in [0.05, 0.1) is 6.61 Å². The lowest BCUT2D eigenvalue weighted by molar-refractivity contribution is -0.119. The maximum Gasteiger partial charge on any atom is 0.217 e. The van der Waals surface area contributed by atoms with E-state index in [9.17, 15) is 9.59 Å². The Morgan fingerprint density at radius 2 is 1.94 bits per heavy atom. The van der Waals surface area contributed by atoms with Crippen molar-refractivity contribution in [3.05, 3.63) is 29.8 Å². The molecule has 0 saturated heterocycles. The van der Waals surface area contributed by atoms with Crippen LogP contribution in [0.1, 0.15) is 17.3 Å². The van der Waals surface area contributed by atoms with E-state index in [1.807, 2.05) is 0 Å². The predicted molar refractivity (Wildman–Crippen MR) is 59.9 cm³/mol. The van der Waals surface area contributed by atoms with Crippen LogP contribution in [0, 0.1) is 0 Å². The summed E-state index contributed by atoms with van der Waals surface area (Å²) in [5, 5.41) is 11.4.